The Morgan fingerprint density at radius 3 is 2.65 bits per heavy atom. The van der Waals surface area contributed by atoms with E-state index in [-0.39, 0.29) is 22.5 Å². The minimum atomic E-state index is -1.77. The summed E-state index contributed by atoms with van der Waals surface area (Å²) in [5, 5.41) is 0.225. The van der Waals surface area contributed by atoms with Gasteiger partial charge in [-0.3, -0.25) is 4.79 Å². The van der Waals surface area contributed by atoms with Crippen LogP contribution < -0.4 is 0 Å². The van der Waals surface area contributed by atoms with Crippen molar-refractivity contribution in [2.75, 3.05) is 0 Å². The number of rotatable bonds is 4. The van der Waals surface area contributed by atoms with Gasteiger partial charge in [-0.1, -0.05) is 26.8 Å². The van der Waals surface area contributed by atoms with E-state index in [0.717, 1.165) is 32.1 Å². The minimum absolute atomic E-state index is 0.190. The molecule has 0 aromatic heterocycles. The van der Waals surface area contributed by atoms with E-state index in [2.05, 4.69) is 40.4 Å². The third-order valence-corrected chi connectivity index (χ3v) is 10.4. The predicted molar refractivity (Wildman–Crippen MR) is 86.3 cm³/mol. The maximum atomic E-state index is 12.0. The molecule has 2 bridgehead atoms. The van der Waals surface area contributed by atoms with E-state index in [1.54, 1.807) is 0 Å². The van der Waals surface area contributed by atoms with Crippen LogP contribution in [0.5, 0.6) is 0 Å². The highest BCUT2D eigenvalue weighted by Crippen LogP contribution is 2.55. The molecule has 0 radical (unpaired) electrons. The van der Waals surface area contributed by atoms with Crippen LogP contribution in [0.1, 0.15) is 52.9 Å². The van der Waals surface area contributed by atoms with Gasteiger partial charge in [-0.2, -0.15) is 0 Å². The monoisotopic (exact) mass is 294 g/mol. The van der Waals surface area contributed by atoms with Gasteiger partial charge in [0.25, 0.3) is 0 Å². The Hall–Kier alpha value is -0.413. The lowest BCUT2D eigenvalue weighted by molar-refractivity contribution is -0.125. The van der Waals surface area contributed by atoms with E-state index >= 15 is 0 Å². The number of ketones is 1. The van der Waals surface area contributed by atoms with Crippen molar-refractivity contribution in [1.82, 2.24) is 0 Å². The van der Waals surface area contributed by atoms with Crippen LogP contribution in [0.2, 0.25) is 18.1 Å². The van der Waals surface area contributed by atoms with Crippen LogP contribution in [0.15, 0.2) is 12.7 Å². The zero-order chi connectivity index (χ0) is 15.2. The van der Waals surface area contributed by atoms with Gasteiger partial charge < -0.3 is 4.43 Å². The smallest absolute Gasteiger partial charge is 0.192 e. The third kappa shape index (κ3) is 2.67. The number of allylic oxidation sites excluding steroid dienone is 1. The van der Waals surface area contributed by atoms with Crippen molar-refractivity contribution in [3.05, 3.63) is 12.7 Å². The summed E-state index contributed by atoms with van der Waals surface area (Å²) in [4.78, 5) is 12.0. The van der Waals surface area contributed by atoms with Gasteiger partial charge in [0.05, 0.1) is 6.10 Å². The van der Waals surface area contributed by atoms with Crippen molar-refractivity contribution in [3.8, 4) is 0 Å². The first-order chi connectivity index (χ1) is 9.11. The Morgan fingerprint density at radius 1 is 1.45 bits per heavy atom. The van der Waals surface area contributed by atoms with E-state index < -0.39 is 8.32 Å². The normalized spacial score (nSPS) is 34.4. The van der Waals surface area contributed by atoms with Gasteiger partial charge in [-0.05, 0) is 49.2 Å². The van der Waals surface area contributed by atoms with E-state index in [0.29, 0.717) is 5.78 Å². The molecule has 2 aliphatic rings. The van der Waals surface area contributed by atoms with E-state index in [4.69, 9.17) is 4.43 Å². The van der Waals surface area contributed by atoms with Gasteiger partial charge >= 0.3 is 0 Å². The van der Waals surface area contributed by atoms with Crippen LogP contribution in [0.25, 0.3) is 0 Å². The second-order valence-electron chi connectivity index (χ2n) is 8.33. The quantitative estimate of drug-likeness (QED) is 0.554. The fourth-order valence-electron chi connectivity index (χ4n) is 3.61. The van der Waals surface area contributed by atoms with Crippen LogP contribution in [-0.4, -0.2) is 20.2 Å². The lowest BCUT2D eigenvalue weighted by atomic mass is 9.72. The van der Waals surface area contributed by atoms with Gasteiger partial charge in [-0.25, -0.2) is 0 Å². The molecule has 0 aliphatic heterocycles. The van der Waals surface area contributed by atoms with Gasteiger partial charge in [0.2, 0.25) is 0 Å². The Bertz CT molecular complexity index is 408. The van der Waals surface area contributed by atoms with E-state index in [9.17, 15) is 4.79 Å². The molecule has 20 heavy (non-hydrogen) atoms. The molecule has 0 amide bonds. The van der Waals surface area contributed by atoms with Gasteiger partial charge in [-0.15, -0.1) is 6.58 Å². The molecular formula is C17H30O2Si. The highest BCUT2D eigenvalue weighted by molar-refractivity contribution is 6.74. The summed E-state index contributed by atoms with van der Waals surface area (Å²) in [6.45, 7) is 15.4. The standard InChI is InChI=1S/C17H30O2Si/c1-7-9-17-10-8-14(18)13(12-17)11-15(17)19-20(5,6)16(2,3)4/h7,13,15H,1,8-12H2,2-6H3/t13-,15-,17-/m0/s1. The zero-order valence-electron chi connectivity index (χ0n) is 13.8. The number of carbonyl (C=O) groups excluding carboxylic acids is 1. The Kier molecular flexibility index (Phi) is 4.07. The lowest BCUT2D eigenvalue weighted by Gasteiger charge is -2.44. The lowest BCUT2D eigenvalue weighted by Crippen LogP contribution is -2.47. The predicted octanol–water partition coefficient (Wildman–Crippen LogP) is 4.71. The maximum Gasteiger partial charge on any atom is 0.192 e. The molecular weight excluding hydrogens is 264 g/mol. The molecule has 0 aromatic rings. The van der Waals surface area contributed by atoms with Crippen molar-refractivity contribution >= 4 is 14.1 Å². The first kappa shape index (κ1) is 16.0. The molecule has 0 unspecified atom stereocenters. The van der Waals surface area contributed by atoms with Crippen LogP contribution in [0.4, 0.5) is 0 Å². The molecule has 0 saturated heterocycles. The van der Waals surface area contributed by atoms with Crippen molar-refractivity contribution in [3.63, 3.8) is 0 Å². The molecule has 2 saturated carbocycles. The zero-order valence-corrected chi connectivity index (χ0v) is 14.8. The van der Waals surface area contributed by atoms with Crippen LogP contribution >= 0.6 is 0 Å². The van der Waals surface area contributed by atoms with E-state index in [1.807, 2.05) is 6.08 Å². The second kappa shape index (κ2) is 5.10. The van der Waals surface area contributed by atoms with Crippen LogP contribution in [0, 0.1) is 11.3 Å². The van der Waals surface area contributed by atoms with Crippen molar-refractivity contribution in [1.29, 1.82) is 0 Å². The third-order valence-electron chi connectivity index (χ3n) is 5.95. The molecule has 0 aromatic carbocycles. The molecule has 3 atom stereocenters. The number of hydrogen-bond donors (Lipinski definition) is 0. The first-order valence-electron chi connectivity index (χ1n) is 7.93. The summed E-state index contributed by atoms with van der Waals surface area (Å²) < 4.78 is 6.72. The average molecular weight is 295 g/mol. The number of Topliss-reactive ketones (excluding diaryl/α,β-unsaturated/α-hetero) is 1. The van der Waals surface area contributed by atoms with Crippen LogP contribution in [0.3, 0.4) is 0 Å². The Balaban J connectivity index is 2.22. The molecule has 114 valence electrons. The van der Waals surface area contributed by atoms with Gasteiger partial charge in [0.1, 0.15) is 5.78 Å². The fourth-order valence-corrected chi connectivity index (χ4v) is 5.02. The summed E-state index contributed by atoms with van der Waals surface area (Å²) in [7, 11) is -1.77. The van der Waals surface area contributed by atoms with Crippen molar-refractivity contribution < 1.29 is 9.22 Å². The summed E-state index contributed by atoms with van der Waals surface area (Å²) >= 11 is 0. The minimum Gasteiger partial charge on any atom is -0.413 e. The van der Waals surface area contributed by atoms with Gasteiger partial charge in [0, 0.05) is 12.3 Å². The topological polar surface area (TPSA) is 26.3 Å². The maximum absolute atomic E-state index is 12.0. The summed E-state index contributed by atoms with van der Waals surface area (Å²) in [5.74, 6) is 0.712. The fraction of sp³-hybridized carbons (Fsp3) is 0.824. The van der Waals surface area contributed by atoms with Crippen LogP contribution in [-0.2, 0) is 9.22 Å². The summed E-state index contributed by atoms with van der Waals surface area (Å²) in [6, 6.07) is 0. The Labute approximate surface area is 125 Å². The number of hydrogen-bond acceptors (Lipinski definition) is 2. The Morgan fingerprint density at radius 2 is 2.10 bits per heavy atom. The van der Waals surface area contributed by atoms with Gasteiger partial charge in [0.15, 0.2) is 8.32 Å². The average Bonchev–Trinajstić information content (AvgIpc) is 2.58. The highest BCUT2D eigenvalue weighted by atomic mass is 28.4. The van der Waals surface area contributed by atoms with Crippen molar-refractivity contribution in [2.45, 2.75) is 77.1 Å². The highest BCUT2D eigenvalue weighted by Gasteiger charge is 2.54. The molecule has 2 aliphatic carbocycles. The summed E-state index contributed by atoms with van der Waals surface area (Å²) in [6.07, 6.45) is 6.99. The molecule has 0 spiro atoms. The molecule has 3 heteroatoms. The number of fused-ring (bicyclic) bond motifs is 2. The second-order valence-corrected chi connectivity index (χ2v) is 13.1. The molecule has 2 rings (SSSR count). The van der Waals surface area contributed by atoms with E-state index in [1.165, 1.54) is 0 Å². The molecule has 2 nitrogen and oxygen atoms in total. The molecule has 2 fully saturated rings. The van der Waals surface area contributed by atoms with Crippen molar-refractivity contribution in [2.24, 2.45) is 11.3 Å². The SMILES string of the molecule is C=CC[C@@]12CCC(=O)[C@@H](C[C@@H]1O[Si](C)(C)C(C)(C)C)C2. The first-order valence-corrected chi connectivity index (χ1v) is 10.8. The molecule has 0 N–H and O–H groups in total. The number of carbonyl (C=O) groups is 1. The largest absolute Gasteiger partial charge is 0.413 e. The molecule has 0 heterocycles. The summed E-state index contributed by atoms with van der Waals surface area (Å²) in [5.41, 5.74) is 0.190.